The van der Waals surface area contributed by atoms with E-state index in [2.05, 4.69) is 17.0 Å². The topological polar surface area (TPSA) is 53.0 Å². The fourth-order valence-electron chi connectivity index (χ4n) is 3.45. The fourth-order valence-corrected chi connectivity index (χ4v) is 3.45. The van der Waals surface area contributed by atoms with E-state index >= 15 is 0 Å². The highest BCUT2D eigenvalue weighted by atomic mass is 16.6. The third kappa shape index (κ3) is 4.95. The van der Waals surface area contributed by atoms with Crippen LogP contribution in [0.25, 0.3) is 0 Å². The average Bonchev–Trinajstić information content (AvgIpc) is 3.38. The van der Waals surface area contributed by atoms with Crippen molar-refractivity contribution in [3.8, 4) is 0 Å². The van der Waals surface area contributed by atoms with Crippen molar-refractivity contribution >= 4 is 6.09 Å². The lowest BCUT2D eigenvalue weighted by atomic mass is 10.0. The molecule has 1 N–H and O–H groups in total. The third-order valence-corrected chi connectivity index (χ3v) is 4.88. The van der Waals surface area contributed by atoms with Gasteiger partial charge in [0.05, 0.1) is 12.1 Å². The predicted octanol–water partition coefficient (Wildman–Crippen LogP) is 2.88. The van der Waals surface area contributed by atoms with E-state index in [-0.39, 0.29) is 12.1 Å². The lowest BCUT2D eigenvalue weighted by molar-refractivity contribution is -0.0384. The average molecular weight is 346 g/mol. The lowest BCUT2D eigenvalue weighted by Gasteiger charge is -2.43. The van der Waals surface area contributed by atoms with Gasteiger partial charge in [-0.3, -0.25) is 4.90 Å². The summed E-state index contributed by atoms with van der Waals surface area (Å²) in [5, 5.41) is 10.7. The molecule has 0 radical (unpaired) electrons. The van der Waals surface area contributed by atoms with Gasteiger partial charge in [0.1, 0.15) is 5.60 Å². The first-order chi connectivity index (χ1) is 11.8. The van der Waals surface area contributed by atoms with Crippen LogP contribution in [-0.4, -0.2) is 58.4 Å². The van der Waals surface area contributed by atoms with Crippen molar-refractivity contribution in [3.63, 3.8) is 0 Å². The summed E-state index contributed by atoms with van der Waals surface area (Å²) in [6.45, 7) is 8.55. The van der Waals surface area contributed by atoms with Crippen LogP contribution >= 0.6 is 0 Å². The number of ether oxygens (including phenoxy) is 1. The number of aliphatic hydroxyl groups excluding tert-OH is 1. The molecule has 0 bridgehead atoms. The molecule has 1 aliphatic heterocycles. The number of hydrogen-bond acceptors (Lipinski definition) is 4. The van der Waals surface area contributed by atoms with Crippen molar-refractivity contribution in [2.75, 3.05) is 19.6 Å². The summed E-state index contributed by atoms with van der Waals surface area (Å²) in [5.41, 5.74) is 0.737. The molecule has 1 amide bonds. The minimum Gasteiger partial charge on any atom is -0.444 e. The Bertz CT molecular complexity index is 580. The summed E-state index contributed by atoms with van der Waals surface area (Å²) >= 11 is 0. The zero-order valence-electron chi connectivity index (χ0n) is 15.5. The molecule has 2 fully saturated rings. The van der Waals surface area contributed by atoms with Gasteiger partial charge in [0, 0.05) is 26.2 Å². The van der Waals surface area contributed by atoms with E-state index in [4.69, 9.17) is 4.74 Å². The number of hydrogen-bond donors (Lipinski definition) is 1. The maximum Gasteiger partial charge on any atom is 0.410 e. The molecule has 1 aromatic carbocycles. The molecule has 0 spiro atoms. The molecular formula is C20H30N2O3. The highest BCUT2D eigenvalue weighted by Gasteiger charge is 2.43. The van der Waals surface area contributed by atoms with Crippen molar-refractivity contribution in [3.05, 3.63) is 35.9 Å². The number of amides is 1. The fraction of sp³-hybridized carbons (Fsp3) is 0.650. The Labute approximate surface area is 150 Å². The number of rotatable bonds is 4. The van der Waals surface area contributed by atoms with Crippen LogP contribution in [-0.2, 0) is 11.3 Å². The van der Waals surface area contributed by atoms with Gasteiger partial charge in [0.15, 0.2) is 0 Å². The maximum absolute atomic E-state index is 12.6. The van der Waals surface area contributed by atoms with Gasteiger partial charge < -0.3 is 14.7 Å². The van der Waals surface area contributed by atoms with Crippen LogP contribution in [0.2, 0.25) is 0 Å². The highest BCUT2D eigenvalue weighted by molar-refractivity contribution is 5.69. The van der Waals surface area contributed by atoms with Gasteiger partial charge in [0.2, 0.25) is 0 Å². The Kier molecular flexibility index (Phi) is 5.35. The van der Waals surface area contributed by atoms with E-state index in [1.54, 1.807) is 4.90 Å². The number of piperazine rings is 1. The molecule has 0 aromatic heterocycles. The second kappa shape index (κ2) is 7.34. The highest BCUT2D eigenvalue weighted by Crippen LogP contribution is 2.36. The minimum atomic E-state index is -0.520. The molecule has 5 nitrogen and oxygen atoms in total. The lowest BCUT2D eigenvalue weighted by Crippen LogP contribution is -2.60. The molecule has 1 saturated carbocycles. The summed E-state index contributed by atoms with van der Waals surface area (Å²) in [4.78, 5) is 16.7. The maximum atomic E-state index is 12.6. The predicted molar refractivity (Wildman–Crippen MR) is 97.2 cm³/mol. The standard InChI is InChI=1S/C20H30N2O3/c1-20(2,3)25-19(24)22-12-11-21(13-15-7-5-4-6-8-15)14-17(22)18(23)16-9-10-16/h4-8,16-18,23H,9-14H2,1-3H3. The van der Waals surface area contributed by atoms with E-state index < -0.39 is 11.7 Å². The normalized spacial score (nSPS) is 23.4. The van der Waals surface area contributed by atoms with Crippen LogP contribution < -0.4 is 0 Å². The summed E-state index contributed by atoms with van der Waals surface area (Å²) in [7, 11) is 0. The number of nitrogens with zero attached hydrogens (tertiary/aromatic N) is 2. The molecule has 25 heavy (non-hydrogen) atoms. The van der Waals surface area contributed by atoms with Gasteiger partial charge in [-0.2, -0.15) is 0 Å². The third-order valence-electron chi connectivity index (χ3n) is 4.88. The molecule has 138 valence electrons. The zero-order valence-corrected chi connectivity index (χ0v) is 15.5. The van der Waals surface area contributed by atoms with Gasteiger partial charge >= 0.3 is 6.09 Å². The molecule has 2 aliphatic rings. The first-order valence-electron chi connectivity index (χ1n) is 9.27. The largest absolute Gasteiger partial charge is 0.444 e. The number of carbonyl (C=O) groups is 1. The van der Waals surface area contributed by atoms with Gasteiger partial charge in [-0.05, 0) is 45.1 Å². The summed E-state index contributed by atoms with van der Waals surface area (Å²) < 4.78 is 5.57. The van der Waals surface area contributed by atoms with Crippen LogP contribution in [0.4, 0.5) is 4.79 Å². The number of aliphatic hydroxyl groups is 1. The quantitative estimate of drug-likeness (QED) is 0.911. The van der Waals surface area contributed by atoms with Gasteiger partial charge in [-0.15, -0.1) is 0 Å². The Morgan fingerprint density at radius 1 is 1.24 bits per heavy atom. The van der Waals surface area contributed by atoms with Gasteiger partial charge in [0.25, 0.3) is 0 Å². The van der Waals surface area contributed by atoms with E-state index in [1.165, 1.54) is 5.56 Å². The van der Waals surface area contributed by atoms with Crippen LogP contribution in [0.5, 0.6) is 0 Å². The summed E-state index contributed by atoms with van der Waals surface area (Å²) in [6.07, 6.45) is 1.33. The molecule has 2 atom stereocenters. The first kappa shape index (κ1) is 18.2. The number of carbonyl (C=O) groups excluding carboxylic acids is 1. The zero-order chi connectivity index (χ0) is 18.0. The molecule has 5 heteroatoms. The Morgan fingerprint density at radius 2 is 1.92 bits per heavy atom. The smallest absolute Gasteiger partial charge is 0.410 e. The van der Waals surface area contributed by atoms with E-state index in [0.717, 1.165) is 25.9 Å². The molecule has 2 unspecified atom stereocenters. The Hall–Kier alpha value is -1.59. The van der Waals surface area contributed by atoms with Crippen LogP contribution in [0.3, 0.4) is 0 Å². The number of benzene rings is 1. The van der Waals surface area contributed by atoms with Crippen molar-refractivity contribution in [2.45, 2.75) is 57.9 Å². The van der Waals surface area contributed by atoms with Gasteiger partial charge in [-0.25, -0.2) is 4.79 Å². The molecule has 3 rings (SSSR count). The van der Waals surface area contributed by atoms with Crippen molar-refractivity contribution < 1.29 is 14.6 Å². The van der Waals surface area contributed by atoms with Crippen LogP contribution in [0, 0.1) is 5.92 Å². The summed E-state index contributed by atoms with van der Waals surface area (Å²) in [5.74, 6) is 0.326. The van der Waals surface area contributed by atoms with Crippen molar-refractivity contribution in [2.24, 2.45) is 5.92 Å². The van der Waals surface area contributed by atoms with Crippen molar-refractivity contribution in [1.82, 2.24) is 9.80 Å². The summed E-state index contributed by atoms with van der Waals surface area (Å²) in [6, 6.07) is 10.1. The van der Waals surface area contributed by atoms with E-state index in [0.29, 0.717) is 19.0 Å². The Morgan fingerprint density at radius 3 is 2.52 bits per heavy atom. The minimum absolute atomic E-state index is 0.195. The van der Waals surface area contributed by atoms with E-state index in [9.17, 15) is 9.90 Å². The molecule has 1 aromatic rings. The molecule has 1 heterocycles. The van der Waals surface area contributed by atoms with E-state index in [1.807, 2.05) is 39.0 Å². The first-order valence-corrected chi connectivity index (χ1v) is 9.27. The molecule has 1 saturated heterocycles. The molecular weight excluding hydrogens is 316 g/mol. The second-order valence-electron chi connectivity index (χ2n) is 8.29. The van der Waals surface area contributed by atoms with Crippen molar-refractivity contribution in [1.29, 1.82) is 0 Å². The SMILES string of the molecule is CC(C)(C)OC(=O)N1CCN(Cc2ccccc2)CC1C(O)C1CC1. The van der Waals surface area contributed by atoms with Crippen LogP contribution in [0.1, 0.15) is 39.2 Å². The second-order valence-corrected chi connectivity index (χ2v) is 8.29. The molecule has 1 aliphatic carbocycles. The monoisotopic (exact) mass is 346 g/mol. The Balaban J connectivity index is 1.69. The van der Waals surface area contributed by atoms with Gasteiger partial charge in [-0.1, -0.05) is 30.3 Å². The van der Waals surface area contributed by atoms with Crippen LogP contribution in [0.15, 0.2) is 30.3 Å².